The molecule has 5 rings (SSSR count). The van der Waals surface area contributed by atoms with E-state index < -0.39 is 97.4 Å². The number of phosphoric acid groups is 2. The summed E-state index contributed by atoms with van der Waals surface area (Å²) in [6, 6.07) is 1.30. The first-order chi connectivity index (χ1) is 24.4. The van der Waals surface area contributed by atoms with Crippen LogP contribution >= 0.6 is 23.4 Å². The van der Waals surface area contributed by atoms with Crippen molar-refractivity contribution < 1.29 is 70.7 Å². The molecule has 290 valence electrons. The van der Waals surface area contributed by atoms with Crippen LogP contribution in [0.15, 0.2) is 28.2 Å². The Hall–Kier alpha value is -3.00. The van der Waals surface area contributed by atoms with Crippen molar-refractivity contribution in [2.45, 2.75) is 55.8 Å². The molecule has 0 aliphatic carbocycles. The van der Waals surface area contributed by atoms with Crippen LogP contribution in [0.1, 0.15) is 25.3 Å². The van der Waals surface area contributed by atoms with Gasteiger partial charge in [-0.3, -0.25) is 28.0 Å². The Kier molecular flexibility index (Phi) is 12.5. The maximum Gasteiger partial charge on any atom is 0.406 e. The van der Waals surface area contributed by atoms with Crippen LogP contribution in [0.4, 0.5) is 11.8 Å². The zero-order chi connectivity index (χ0) is 38.0. The van der Waals surface area contributed by atoms with Crippen LogP contribution in [0.25, 0.3) is 11.2 Å². The Labute approximate surface area is 291 Å². The van der Waals surface area contributed by atoms with Crippen LogP contribution in [0.3, 0.4) is 0 Å². The highest BCUT2D eigenvalue weighted by molar-refractivity contribution is 7.51. The number of methoxy groups -OCH3 is 1. The van der Waals surface area contributed by atoms with E-state index in [1.165, 1.54) is 23.9 Å². The predicted octanol–water partition coefficient (Wildman–Crippen LogP) is -4.72. The number of hydrogen-bond acceptors (Lipinski definition) is 22. The van der Waals surface area contributed by atoms with Gasteiger partial charge in [0.05, 0.1) is 47.9 Å². The van der Waals surface area contributed by atoms with Gasteiger partial charge in [0.25, 0.3) is 5.56 Å². The summed E-state index contributed by atoms with van der Waals surface area (Å²) < 4.78 is 76.2. The third kappa shape index (κ3) is 9.95. The molecule has 2 aliphatic heterocycles. The number of ether oxygens (including phenoxy) is 3. The third-order valence-electron chi connectivity index (χ3n) is 7.54. The highest BCUT2D eigenvalue weighted by Crippen LogP contribution is 2.50. The monoisotopic (exact) mass is 799 g/mol. The number of aromatic amines is 1. The van der Waals surface area contributed by atoms with Gasteiger partial charge in [0, 0.05) is 26.3 Å². The van der Waals surface area contributed by atoms with Crippen LogP contribution in [0.5, 0.6) is 0 Å². The number of nitrogen functional groups attached to an aromatic ring is 2. The molecule has 0 radical (unpaired) electrons. The molecule has 1 unspecified atom stereocenters. The number of phosphoric ester groups is 2. The fraction of sp³-hybridized carbons (Fsp3) is 0.609. The Morgan fingerprint density at radius 2 is 1.75 bits per heavy atom. The maximum absolute atomic E-state index is 14.3. The van der Waals surface area contributed by atoms with E-state index in [0.717, 1.165) is 10.9 Å². The number of imidazole rings is 1. The number of anilines is 2. The molecule has 7 N–H and O–H groups in total. The SMILES string of the molecule is CO[C@@H]1[C@H](OP(=O)(NCCCOP(=O)([O-])[O-])OC[C@@H]2C[C@@H](O)[C@H](n3ccc(N)nc3=O)O2)[C@@H](COP(=O)([O-])[O-])O[C@H]1n1cnc2c(=O)[nH]c(N)nc21. The molecule has 5 heterocycles. The largest absolute Gasteiger partial charge is 0.790 e. The van der Waals surface area contributed by atoms with Crippen LogP contribution < -0.4 is 47.4 Å². The molecule has 29 heteroatoms. The van der Waals surface area contributed by atoms with Crippen molar-refractivity contribution in [3.05, 3.63) is 39.4 Å². The number of fused-ring (bicyclic) bond motifs is 1. The van der Waals surface area contributed by atoms with Crippen LogP contribution in [-0.2, 0) is 46.0 Å². The number of nitrogens with one attached hydrogen (secondary N) is 2. The number of aliphatic hydroxyl groups is 1. The summed E-state index contributed by atoms with van der Waals surface area (Å²) in [7, 11) is -14.5. The molecule has 3 aromatic heterocycles. The number of hydrogen-bond donors (Lipinski definition) is 5. The van der Waals surface area contributed by atoms with Crippen molar-refractivity contribution >= 4 is 46.3 Å². The standard InChI is InChI=1S/C23H36N9O17P3/c1-43-17-16(13(9-46-52(40,41)42)48-21(17)32-10-26-15-18(32)29-22(25)30-19(15)34)49-50(36,27-4-2-6-44-51(37,38)39)45-8-11-7-12(33)20(47-11)31-5-3-14(24)28-23(31)35/h3,5,10-13,16-17,20-21,33H,2,4,6-9H2,1H3,(H,27,36)(H2,24,28,35)(H2,37,38,39)(H2,40,41,42)(H3,25,29,30,34)/p-4/t11-,12+,13+,16+,17+,20+,21+,50?/m0/s1. The van der Waals surface area contributed by atoms with Gasteiger partial charge in [-0.25, -0.2) is 19.4 Å². The normalized spacial score (nSPS) is 26.6. The Bertz CT molecular complexity index is 1980. The summed E-state index contributed by atoms with van der Waals surface area (Å²) in [5.74, 6) is -0.371. The van der Waals surface area contributed by atoms with Gasteiger partial charge >= 0.3 is 13.4 Å². The second-order valence-electron chi connectivity index (χ2n) is 11.2. The van der Waals surface area contributed by atoms with E-state index in [1.54, 1.807) is 0 Å². The predicted molar refractivity (Wildman–Crippen MR) is 163 cm³/mol. The molecule has 0 amide bonds. The molecule has 3 aromatic rings. The first kappa shape index (κ1) is 40.2. The summed E-state index contributed by atoms with van der Waals surface area (Å²) in [5.41, 5.74) is 9.39. The van der Waals surface area contributed by atoms with Gasteiger partial charge in [-0.05, 0) is 12.5 Å². The molecular weight excluding hydrogens is 767 g/mol. The minimum absolute atomic E-state index is 0.0729. The smallest absolute Gasteiger partial charge is 0.406 e. The molecule has 26 nitrogen and oxygen atoms in total. The fourth-order valence-corrected chi connectivity index (χ4v) is 7.64. The lowest BCUT2D eigenvalue weighted by Gasteiger charge is -2.32. The van der Waals surface area contributed by atoms with E-state index in [1.807, 2.05) is 0 Å². The van der Waals surface area contributed by atoms with Crippen molar-refractivity contribution in [2.75, 3.05) is 44.9 Å². The van der Waals surface area contributed by atoms with Crippen molar-refractivity contribution in [1.82, 2.24) is 34.2 Å². The third-order valence-corrected chi connectivity index (χ3v) is 10.1. The molecule has 8 atom stereocenters. The number of rotatable bonds is 17. The van der Waals surface area contributed by atoms with E-state index in [2.05, 4.69) is 34.1 Å². The second-order valence-corrected chi connectivity index (χ2v) is 15.3. The molecule has 52 heavy (non-hydrogen) atoms. The van der Waals surface area contributed by atoms with E-state index in [9.17, 15) is 48.0 Å². The quantitative estimate of drug-likeness (QED) is 0.0632. The average molecular weight is 799 g/mol. The van der Waals surface area contributed by atoms with Crippen LogP contribution in [-0.4, -0.2) is 98.2 Å². The van der Waals surface area contributed by atoms with E-state index >= 15 is 0 Å². The lowest BCUT2D eigenvalue weighted by Crippen LogP contribution is -2.39. The molecule has 2 aliphatic rings. The summed E-state index contributed by atoms with van der Waals surface area (Å²) >= 11 is 0. The molecular formula is C23H32N9O17P3-4. The van der Waals surface area contributed by atoms with Gasteiger partial charge in [-0.15, -0.1) is 0 Å². The number of H-pyrrole nitrogens is 1. The van der Waals surface area contributed by atoms with Crippen molar-refractivity contribution in [3.8, 4) is 0 Å². The summed E-state index contributed by atoms with van der Waals surface area (Å²) in [4.78, 5) is 83.2. The second kappa shape index (κ2) is 16.2. The molecule has 0 aromatic carbocycles. The Morgan fingerprint density at radius 1 is 1.02 bits per heavy atom. The topological polar surface area (TPSA) is 391 Å². The maximum atomic E-state index is 14.3. The Morgan fingerprint density at radius 3 is 2.42 bits per heavy atom. The van der Waals surface area contributed by atoms with Gasteiger partial charge in [0.1, 0.15) is 30.2 Å². The summed E-state index contributed by atoms with van der Waals surface area (Å²) in [6.07, 6.45) is -7.45. The minimum Gasteiger partial charge on any atom is -0.790 e. The van der Waals surface area contributed by atoms with E-state index in [0.29, 0.717) is 0 Å². The number of aliphatic hydroxyl groups excluding tert-OH is 1. The zero-order valence-corrected chi connectivity index (χ0v) is 29.4. The zero-order valence-electron chi connectivity index (χ0n) is 26.7. The highest BCUT2D eigenvalue weighted by Gasteiger charge is 2.51. The molecule has 2 saturated heterocycles. The lowest BCUT2D eigenvalue weighted by molar-refractivity contribution is -0.344. The molecule has 0 bridgehead atoms. The van der Waals surface area contributed by atoms with Crippen molar-refractivity contribution in [3.63, 3.8) is 0 Å². The van der Waals surface area contributed by atoms with Gasteiger partial charge in [-0.2, -0.15) is 9.97 Å². The van der Waals surface area contributed by atoms with Crippen LogP contribution in [0, 0.1) is 0 Å². The number of aromatic nitrogens is 6. The number of nitrogens with zero attached hydrogens (tertiary/aromatic N) is 5. The van der Waals surface area contributed by atoms with Gasteiger partial charge in [-0.1, -0.05) is 0 Å². The van der Waals surface area contributed by atoms with Gasteiger partial charge in [0.2, 0.25) is 5.95 Å². The summed E-state index contributed by atoms with van der Waals surface area (Å²) in [6.45, 7) is -2.57. The first-order valence-corrected chi connectivity index (χ1v) is 19.4. The number of nitrogens with two attached hydrogens (primary N) is 2. The van der Waals surface area contributed by atoms with Crippen molar-refractivity contribution in [2.24, 2.45) is 0 Å². The van der Waals surface area contributed by atoms with Gasteiger partial charge in [0.15, 0.2) is 23.6 Å². The molecule has 2 fully saturated rings. The first-order valence-electron chi connectivity index (χ1n) is 15.0. The average Bonchev–Trinajstić information content (AvgIpc) is 3.72. The molecule has 0 spiro atoms. The van der Waals surface area contributed by atoms with E-state index in [-0.39, 0.29) is 42.3 Å². The fourth-order valence-electron chi connectivity index (χ4n) is 5.36. The summed E-state index contributed by atoms with van der Waals surface area (Å²) in [5, 5.41) is 13.1. The van der Waals surface area contributed by atoms with Crippen molar-refractivity contribution in [1.29, 1.82) is 0 Å². The van der Waals surface area contributed by atoms with E-state index in [4.69, 9.17) is 34.7 Å². The minimum atomic E-state index is -5.62. The van der Waals surface area contributed by atoms with Crippen LogP contribution in [0.2, 0.25) is 0 Å². The lowest BCUT2D eigenvalue weighted by atomic mass is 10.1. The van der Waals surface area contributed by atoms with Gasteiger partial charge < -0.3 is 68.5 Å². The molecule has 0 saturated carbocycles. The Balaban J connectivity index is 1.40. The highest BCUT2D eigenvalue weighted by atomic mass is 31.2.